The van der Waals surface area contributed by atoms with Gasteiger partial charge in [-0.25, -0.2) is 0 Å². The van der Waals surface area contributed by atoms with Crippen LogP contribution in [0.5, 0.6) is 0 Å². The fourth-order valence-electron chi connectivity index (χ4n) is 1.11. The van der Waals surface area contributed by atoms with Crippen molar-refractivity contribution < 1.29 is 18.3 Å². The molecule has 0 saturated heterocycles. The second kappa shape index (κ2) is 4.20. The van der Waals surface area contributed by atoms with Gasteiger partial charge in [0, 0.05) is 0 Å². The summed E-state index contributed by atoms with van der Waals surface area (Å²) in [5, 5.41) is 9.51. The first-order valence-corrected chi connectivity index (χ1v) is 4.80. The molecule has 0 fully saturated rings. The fraction of sp³-hybridized carbons (Fsp3) is 0.333. The van der Waals surface area contributed by atoms with Crippen LogP contribution in [0.3, 0.4) is 0 Å². The third kappa shape index (κ3) is 2.22. The average Bonchev–Trinajstić information content (AvgIpc) is 2.16. The van der Waals surface area contributed by atoms with Crippen LogP contribution in [0.25, 0.3) is 0 Å². The molecule has 0 heterocycles. The Morgan fingerprint density at radius 3 is 1.87 bits per heavy atom. The first-order chi connectivity index (χ1) is 6.80. The van der Waals surface area contributed by atoms with Crippen molar-refractivity contribution in [1.82, 2.24) is 0 Å². The maximum absolute atomic E-state index is 12.6. The third-order valence-electron chi connectivity index (χ3n) is 1.96. The number of aliphatic hydroxyl groups is 1. The molecule has 0 aliphatic heterocycles. The van der Waals surface area contributed by atoms with Crippen LogP contribution in [0.2, 0.25) is 0 Å². The highest BCUT2D eigenvalue weighted by atomic mass is 35.5. The molecule has 0 aliphatic rings. The molecule has 1 aromatic rings. The van der Waals surface area contributed by atoms with Crippen molar-refractivity contribution >= 4 is 23.2 Å². The van der Waals surface area contributed by atoms with Gasteiger partial charge >= 0.3 is 6.18 Å². The number of benzene rings is 1. The maximum atomic E-state index is 12.6. The zero-order chi connectivity index (χ0) is 11.7. The molecule has 1 N–H and O–H groups in total. The molecule has 0 bridgehead atoms. The first-order valence-electron chi connectivity index (χ1n) is 3.93. The van der Waals surface area contributed by atoms with Crippen molar-refractivity contribution in [2.75, 3.05) is 0 Å². The summed E-state index contributed by atoms with van der Waals surface area (Å²) in [6.07, 6.45) is -4.93. The summed E-state index contributed by atoms with van der Waals surface area (Å²) in [5.41, 5.74) is -3.62. The van der Waals surface area contributed by atoms with E-state index in [1.54, 1.807) is 0 Å². The number of hydrogen-bond acceptors (Lipinski definition) is 1. The molecular formula is C9H7Cl2F3O. The minimum atomic E-state index is -4.93. The van der Waals surface area contributed by atoms with Gasteiger partial charge in [0.25, 0.3) is 0 Å². The molecule has 84 valence electrons. The van der Waals surface area contributed by atoms with Crippen LogP contribution in [0.15, 0.2) is 30.3 Å². The summed E-state index contributed by atoms with van der Waals surface area (Å²) >= 11 is 10.4. The topological polar surface area (TPSA) is 20.2 Å². The van der Waals surface area contributed by atoms with Gasteiger partial charge in [0.2, 0.25) is 5.60 Å². The van der Waals surface area contributed by atoms with Crippen molar-refractivity contribution in [2.45, 2.75) is 16.6 Å². The summed E-state index contributed by atoms with van der Waals surface area (Å²) in [5.74, 6) is 0. The van der Waals surface area contributed by atoms with Gasteiger partial charge in [-0.2, -0.15) is 13.2 Å². The molecule has 1 nitrogen and oxygen atoms in total. The number of hydrogen-bond donors (Lipinski definition) is 1. The summed E-state index contributed by atoms with van der Waals surface area (Å²) in [7, 11) is 0. The van der Waals surface area contributed by atoms with Crippen molar-refractivity contribution in [3.63, 3.8) is 0 Å². The van der Waals surface area contributed by atoms with Crippen LogP contribution in [-0.2, 0) is 5.60 Å². The van der Waals surface area contributed by atoms with Gasteiger partial charge in [-0.15, -0.1) is 23.2 Å². The van der Waals surface area contributed by atoms with Gasteiger partial charge in [-0.3, -0.25) is 0 Å². The summed E-state index contributed by atoms with van der Waals surface area (Å²) < 4.78 is 37.9. The molecule has 1 atom stereocenters. The van der Waals surface area contributed by atoms with Crippen LogP contribution in [0.1, 0.15) is 5.56 Å². The van der Waals surface area contributed by atoms with Crippen molar-refractivity contribution in [1.29, 1.82) is 0 Å². The Morgan fingerprint density at radius 1 is 1.07 bits per heavy atom. The number of alkyl halides is 5. The Kier molecular flexibility index (Phi) is 3.53. The van der Waals surface area contributed by atoms with Crippen LogP contribution >= 0.6 is 23.2 Å². The summed E-state index contributed by atoms with van der Waals surface area (Å²) in [6.45, 7) is 0. The van der Waals surface area contributed by atoms with Gasteiger partial charge in [0.1, 0.15) is 4.84 Å². The van der Waals surface area contributed by atoms with Crippen molar-refractivity contribution in [3.05, 3.63) is 35.9 Å². The highest BCUT2D eigenvalue weighted by molar-refractivity contribution is 6.45. The molecule has 15 heavy (non-hydrogen) atoms. The Morgan fingerprint density at radius 2 is 1.53 bits per heavy atom. The molecule has 1 rings (SSSR count). The molecule has 0 saturated carbocycles. The second-order valence-corrected chi connectivity index (χ2v) is 4.03. The van der Waals surface area contributed by atoms with Crippen LogP contribution in [0.4, 0.5) is 13.2 Å². The lowest BCUT2D eigenvalue weighted by atomic mass is 9.95. The maximum Gasteiger partial charge on any atom is 0.424 e. The van der Waals surface area contributed by atoms with E-state index in [1.807, 2.05) is 0 Å². The molecule has 0 radical (unpaired) electrons. The predicted molar refractivity (Wildman–Crippen MR) is 51.9 cm³/mol. The minimum Gasteiger partial charge on any atom is -0.374 e. The van der Waals surface area contributed by atoms with Crippen LogP contribution in [0, 0.1) is 0 Å². The number of halogens is 5. The fourth-order valence-corrected chi connectivity index (χ4v) is 1.61. The van der Waals surface area contributed by atoms with Crippen molar-refractivity contribution in [3.8, 4) is 0 Å². The van der Waals surface area contributed by atoms with Gasteiger partial charge in [-0.1, -0.05) is 30.3 Å². The molecular weight excluding hydrogens is 252 g/mol. The Labute approximate surface area is 94.4 Å². The minimum absolute atomic E-state index is 0.382. The molecule has 6 heteroatoms. The lowest BCUT2D eigenvalue weighted by Gasteiger charge is -2.31. The van der Waals surface area contributed by atoms with E-state index >= 15 is 0 Å². The Bertz CT molecular complexity index is 326. The monoisotopic (exact) mass is 258 g/mol. The second-order valence-electron chi connectivity index (χ2n) is 2.93. The first kappa shape index (κ1) is 12.6. The SMILES string of the molecule is O[C@](c1ccccc1)(C(Cl)Cl)C(F)(F)F. The van der Waals surface area contributed by atoms with E-state index in [1.165, 1.54) is 18.2 Å². The van der Waals surface area contributed by atoms with Gasteiger partial charge in [0.05, 0.1) is 0 Å². The molecule has 0 aromatic heterocycles. The lowest BCUT2D eigenvalue weighted by molar-refractivity contribution is -0.261. The van der Waals surface area contributed by atoms with E-state index in [-0.39, 0.29) is 5.56 Å². The van der Waals surface area contributed by atoms with Gasteiger partial charge in [0.15, 0.2) is 0 Å². The third-order valence-corrected chi connectivity index (χ3v) is 2.59. The van der Waals surface area contributed by atoms with E-state index in [2.05, 4.69) is 0 Å². The average molecular weight is 259 g/mol. The normalized spacial score (nSPS) is 16.5. The smallest absolute Gasteiger partial charge is 0.374 e. The van der Waals surface area contributed by atoms with Crippen molar-refractivity contribution in [2.24, 2.45) is 0 Å². The highest BCUT2D eigenvalue weighted by Crippen LogP contribution is 2.44. The lowest BCUT2D eigenvalue weighted by Crippen LogP contribution is -2.47. The Balaban J connectivity index is 3.26. The van der Waals surface area contributed by atoms with Gasteiger partial charge < -0.3 is 5.11 Å². The molecule has 0 unspecified atom stereocenters. The van der Waals surface area contributed by atoms with E-state index < -0.39 is 16.6 Å². The molecule has 0 aliphatic carbocycles. The number of rotatable bonds is 2. The quantitative estimate of drug-likeness (QED) is 0.808. The van der Waals surface area contributed by atoms with E-state index in [0.717, 1.165) is 12.1 Å². The van der Waals surface area contributed by atoms with E-state index in [0.29, 0.717) is 0 Å². The van der Waals surface area contributed by atoms with Crippen LogP contribution in [-0.4, -0.2) is 16.1 Å². The molecule has 1 aromatic carbocycles. The summed E-state index contributed by atoms with van der Waals surface area (Å²) in [4.78, 5) is -1.99. The molecule has 0 amide bonds. The molecule has 0 spiro atoms. The summed E-state index contributed by atoms with van der Waals surface area (Å²) in [6, 6.07) is 6.48. The van der Waals surface area contributed by atoms with E-state index in [4.69, 9.17) is 23.2 Å². The zero-order valence-corrected chi connectivity index (χ0v) is 8.81. The van der Waals surface area contributed by atoms with E-state index in [9.17, 15) is 18.3 Å². The standard InChI is InChI=1S/C9H7Cl2F3O/c10-7(11)8(15,9(12,13)14)6-4-2-1-3-5-6/h1-5,7,15H/t8-/m1/s1. The van der Waals surface area contributed by atoms with Gasteiger partial charge in [-0.05, 0) is 5.56 Å². The van der Waals surface area contributed by atoms with Crippen LogP contribution < -0.4 is 0 Å². The largest absolute Gasteiger partial charge is 0.424 e. The predicted octanol–water partition coefficient (Wildman–Crippen LogP) is 3.24. The Hall–Kier alpha value is -0.450. The highest BCUT2D eigenvalue weighted by Gasteiger charge is 2.59. The zero-order valence-electron chi connectivity index (χ0n) is 7.30.